The van der Waals surface area contributed by atoms with Crippen molar-refractivity contribution < 1.29 is 14.3 Å². The number of ether oxygens (including phenoxy) is 1. The number of likely N-dealkylation sites (N-methyl/N-ethyl adjacent to an activating group) is 1. The molecule has 1 saturated carbocycles. The highest BCUT2D eigenvalue weighted by atomic mass is 16.5. The molecule has 1 amide bonds. The van der Waals surface area contributed by atoms with Crippen LogP contribution >= 0.6 is 0 Å². The first kappa shape index (κ1) is 12.2. The van der Waals surface area contributed by atoms with Crippen molar-refractivity contribution >= 4 is 17.6 Å². The van der Waals surface area contributed by atoms with Crippen molar-refractivity contribution in [3.05, 3.63) is 29.8 Å². The summed E-state index contributed by atoms with van der Waals surface area (Å²) >= 11 is 0. The highest BCUT2D eigenvalue weighted by Crippen LogP contribution is 2.54. The van der Waals surface area contributed by atoms with Crippen LogP contribution in [0.1, 0.15) is 24.8 Å². The maximum atomic E-state index is 12.7. The Morgan fingerprint density at radius 2 is 2.16 bits per heavy atom. The smallest absolute Gasteiger partial charge is 0.310 e. The maximum absolute atomic E-state index is 12.7. The van der Waals surface area contributed by atoms with Gasteiger partial charge in [0, 0.05) is 12.7 Å². The number of para-hydroxylation sites is 1. The van der Waals surface area contributed by atoms with E-state index < -0.39 is 5.41 Å². The molecule has 1 heterocycles. The van der Waals surface area contributed by atoms with Crippen LogP contribution in [0.5, 0.6) is 0 Å². The van der Waals surface area contributed by atoms with Crippen molar-refractivity contribution in [1.82, 2.24) is 0 Å². The summed E-state index contributed by atoms with van der Waals surface area (Å²) in [6.45, 7) is 0. The molecule has 4 nitrogen and oxygen atoms in total. The lowest BCUT2D eigenvalue weighted by Gasteiger charge is -2.28. The van der Waals surface area contributed by atoms with Gasteiger partial charge in [0.25, 0.3) is 0 Å². The van der Waals surface area contributed by atoms with Gasteiger partial charge in [-0.3, -0.25) is 9.59 Å². The van der Waals surface area contributed by atoms with Crippen LogP contribution in [0.2, 0.25) is 0 Å². The Bertz CT molecular complexity index is 554. The standard InChI is InChI=1S/C15H17NO3/c1-16-12-8-4-3-6-10(12)15(14(16)18)9-5-7-11(15)13(17)19-2/h3-4,6,8,11H,5,7,9H2,1-2H3/t11-,15-/m0/s1. The second-order valence-corrected chi connectivity index (χ2v) is 5.32. The molecular formula is C15H17NO3. The van der Waals surface area contributed by atoms with Gasteiger partial charge < -0.3 is 9.64 Å². The Balaban J connectivity index is 2.18. The Kier molecular flexibility index (Phi) is 2.62. The number of anilines is 1. The Hall–Kier alpha value is -1.84. The summed E-state index contributed by atoms with van der Waals surface area (Å²) in [5, 5.41) is 0. The molecule has 1 fully saturated rings. The van der Waals surface area contributed by atoms with E-state index in [9.17, 15) is 9.59 Å². The summed E-state index contributed by atoms with van der Waals surface area (Å²) in [7, 11) is 3.17. The molecule has 0 unspecified atom stereocenters. The predicted octanol–water partition coefficient (Wildman–Crippen LogP) is 1.87. The van der Waals surface area contributed by atoms with Crippen LogP contribution in [0.3, 0.4) is 0 Å². The number of fused-ring (bicyclic) bond motifs is 2. The number of carbonyl (C=O) groups is 2. The van der Waals surface area contributed by atoms with E-state index in [4.69, 9.17) is 4.74 Å². The van der Waals surface area contributed by atoms with E-state index in [2.05, 4.69) is 0 Å². The van der Waals surface area contributed by atoms with E-state index >= 15 is 0 Å². The lowest BCUT2D eigenvalue weighted by molar-refractivity contribution is -0.149. The zero-order valence-corrected chi connectivity index (χ0v) is 11.2. The topological polar surface area (TPSA) is 46.6 Å². The molecule has 1 aliphatic heterocycles. The number of hydrogen-bond acceptors (Lipinski definition) is 3. The van der Waals surface area contributed by atoms with E-state index in [1.807, 2.05) is 24.3 Å². The van der Waals surface area contributed by atoms with Gasteiger partial charge in [0.15, 0.2) is 0 Å². The van der Waals surface area contributed by atoms with E-state index in [0.29, 0.717) is 0 Å². The SMILES string of the molecule is COC(=O)[C@@H]1CCC[C@@]12C(=O)N(C)c1ccccc12. The van der Waals surface area contributed by atoms with Gasteiger partial charge in [0.05, 0.1) is 18.4 Å². The fourth-order valence-corrected chi connectivity index (χ4v) is 3.71. The highest BCUT2D eigenvalue weighted by Gasteiger charge is 2.59. The van der Waals surface area contributed by atoms with Crippen LogP contribution in [0.4, 0.5) is 5.69 Å². The van der Waals surface area contributed by atoms with Crippen molar-refractivity contribution in [2.45, 2.75) is 24.7 Å². The number of nitrogens with zero attached hydrogens (tertiary/aromatic N) is 1. The van der Waals surface area contributed by atoms with Gasteiger partial charge in [0.1, 0.15) is 0 Å². The molecule has 0 saturated heterocycles. The molecule has 100 valence electrons. The minimum atomic E-state index is -0.696. The van der Waals surface area contributed by atoms with E-state index in [-0.39, 0.29) is 17.8 Å². The van der Waals surface area contributed by atoms with Crippen molar-refractivity contribution in [2.24, 2.45) is 5.92 Å². The second-order valence-electron chi connectivity index (χ2n) is 5.32. The lowest BCUT2D eigenvalue weighted by atomic mass is 9.73. The Labute approximate surface area is 112 Å². The average Bonchev–Trinajstić information content (AvgIpc) is 2.97. The zero-order chi connectivity index (χ0) is 13.6. The molecular weight excluding hydrogens is 242 g/mol. The van der Waals surface area contributed by atoms with Crippen LogP contribution in [0, 0.1) is 5.92 Å². The highest BCUT2D eigenvalue weighted by molar-refractivity contribution is 6.10. The number of benzene rings is 1. The summed E-state index contributed by atoms with van der Waals surface area (Å²) in [5.74, 6) is -0.589. The van der Waals surface area contributed by atoms with Gasteiger partial charge >= 0.3 is 5.97 Å². The van der Waals surface area contributed by atoms with E-state index in [1.165, 1.54) is 7.11 Å². The molecule has 19 heavy (non-hydrogen) atoms. The first-order valence-electron chi connectivity index (χ1n) is 6.58. The number of rotatable bonds is 1. The monoisotopic (exact) mass is 259 g/mol. The number of methoxy groups -OCH3 is 1. The van der Waals surface area contributed by atoms with Crippen LogP contribution < -0.4 is 4.90 Å². The molecule has 2 atom stereocenters. The quantitative estimate of drug-likeness (QED) is 0.723. The minimum absolute atomic E-state index is 0.0293. The molecule has 2 aliphatic rings. The first-order chi connectivity index (χ1) is 9.13. The Morgan fingerprint density at radius 3 is 2.89 bits per heavy atom. The molecule has 0 bridgehead atoms. The molecule has 4 heteroatoms. The summed E-state index contributed by atoms with van der Waals surface area (Å²) < 4.78 is 4.91. The Morgan fingerprint density at radius 1 is 1.42 bits per heavy atom. The molecule has 0 radical (unpaired) electrons. The third-order valence-corrected chi connectivity index (χ3v) is 4.58. The van der Waals surface area contributed by atoms with Crippen LogP contribution in [0.25, 0.3) is 0 Å². The van der Waals surface area contributed by atoms with Gasteiger partial charge in [-0.25, -0.2) is 0 Å². The van der Waals surface area contributed by atoms with Crippen molar-refractivity contribution in [3.63, 3.8) is 0 Å². The number of hydrogen-bond donors (Lipinski definition) is 0. The van der Waals surface area contributed by atoms with Crippen molar-refractivity contribution in [1.29, 1.82) is 0 Å². The van der Waals surface area contributed by atoms with Gasteiger partial charge in [-0.15, -0.1) is 0 Å². The van der Waals surface area contributed by atoms with Crippen LogP contribution in [-0.2, 0) is 19.7 Å². The fraction of sp³-hybridized carbons (Fsp3) is 0.467. The van der Waals surface area contributed by atoms with Gasteiger partial charge in [0.2, 0.25) is 5.91 Å². The summed E-state index contributed by atoms with van der Waals surface area (Å²) in [4.78, 5) is 26.5. The number of amides is 1. The summed E-state index contributed by atoms with van der Waals surface area (Å²) in [6, 6.07) is 7.76. The van der Waals surface area contributed by atoms with Crippen molar-refractivity contribution in [2.75, 3.05) is 19.1 Å². The maximum Gasteiger partial charge on any atom is 0.310 e. The molecule has 0 N–H and O–H groups in total. The molecule has 1 spiro atoms. The number of esters is 1. The predicted molar refractivity (Wildman–Crippen MR) is 70.9 cm³/mol. The lowest BCUT2D eigenvalue weighted by Crippen LogP contribution is -2.44. The summed E-state index contributed by atoms with van der Waals surface area (Å²) in [5.41, 5.74) is 1.21. The third-order valence-electron chi connectivity index (χ3n) is 4.58. The average molecular weight is 259 g/mol. The van der Waals surface area contributed by atoms with Gasteiger partial charge in [-0.05, 0) is 24.5 Å². The zero-order valence-electron chi connectivity index (χ0n) is 11.2. The summed E-state index contributed by atoms with van der Waals surface area (Å²) in [6.07, 6.45) is 2.33. The van der Waals surface area contributed by atoms with Gasteiger partial charge in [-0.2, -0.15) is 0 Å². The van der Waals surface area contributed by atoms with Crippen LogP contribution in [-0.4, -0.2) is 26.0 Å². The van der Waals surface area contributed by atoms with E-state index in [1.54, 1.807) is 11.9 Å². The molecule has 1 aromatic carbocycles. The molecule has 3 rings (SSSR count). The minimum Gasteiger partial charge on any atom is -0.469 e. The fourth-order valence-electron chi connectivity index (χ4n) is 3.71. The van der Waals surface area contributed by atoms with Crippen LogP contribution in [0.15, 0.2) is 24.3 Å². The van der Waals surface area contributed by atoms with E-state index in [0.717, 1.165) is 30.5 Å². The molecule has 1 aliphatic carbocycles. The second kappa shape index (κ2) is 4.08. The van der Waals surface area contributed by atoms with Gasteiger partial charge in [-0.1, -0.05) is 24.6 Å². The molecule has 0 aromatic heterocycles. The third kappa shape index (κ3) is 1.40. The first-order valence-corrected chi connectivity index (χ1v) is 6.58. The number of carbonyl (C=O) groups excluding carboxylic acids is 2. The normalized spacial score (nSPS) is 28.8. The largest absolute Gasteiger partial charge is 0.469 e. The molecule has 1 aromatic rings. The van der Waals surface area contributed by atoms with Crippen molar-refractivity contribution in [3.8, 4) is 0 Å².